The molecule has 0 aliphatic carbocycles. The van der Waals surface area contributed by atoms with E-state index in [0.29, 0.717) is 28.7 Å². The van der Waals surface area contributed by atoms with Crippen LogP contribution in [0, 0.1) is 6.92 Å². The average Bonchev–Trinajstić information content (AvgIpc) is 3.16. The number of methoxy groups -OCH3 is 1. The van der Waals surface area contributed by atoms with Crippen LogP contribution >= 0.6 is 0 Å². The highest BCUT2D eigenvalue weighted by Gasteiger charge is 2.44. The van der Waals surface area contributed by atoms with Crippen molar-refractivity contribution in [2.45, 2.75) is 13.0 Å². The third-order valence-electron chi connectivity index (χ3n) is 5.83. The number of nitrogens with zero attached hydrogens (tertiary/aromatic N) is 3. The van der Waals surface area contributed by atoms with Crippen molar-refractivity contribution in [2.75, 3.05) is 22.2 Å². The van der Waals surface area contributed by atoms with Gasteiger partial charge < -0.3 is 10.1 Å². The topological polar surface area (TPSA) is 74.2 Å². The normalized spacial score (nSPS) is 17.9. The van der Waals surface area contributed by atoms with E-state index in [2.05, 4.69) is 5.32 Å². The number of amides is 3. The lowest BCUT2D eigenvalue weighted by atomic mass is 10.1. The molecule has 0 radical (unpaired) electrons. The van der Waals surface area contributed by atoms with E-state index in [1.165, 1.54) is 6.08 Å². The molecule has 1 N–H and O–H groups in total. The van der Waals surface area contributed by atoms with Crippen LogP contribution in [0.4, 0.5) is 21.9 Å². The van der Waals surface area contributed by atoms with Gasteiger partial charge in [-0.1, -0.05) is 42.0 Å². The van der Waals surface area contributed by atoms with E-state index in [4.69, 9.17) is 9.73 Å². The van der Waals surface area contributed by atoms with E-state index in [9.17, 15) is 9.59 Å². The Morgan fingerprint density at radius 2 is 1.66 bits per heavy atom. The van der Waals surface area contributed by atoms with Gasteiger partial charge in [-0.25, -0.2) is 14.7 Å². The Morgan fingerprint density at radius 3 is 2.34 bits per heavy atom. The molecule has 2 aliphatic heterocycles. The molecule has 35 heavy (non-hydrogen) atoms. The van der Waals surface area contributed by atoms with Crippen molar-refractivity contribution in [3.8, 4) is 5.75 Å². The molecule has 1 atom stereocenters. The Bertz CT molecular complexity index is 1340. The Labute approximate surface area is 203 Å². The lowest BCUT2D eigenvalue weighted by Crippen LogP contribution is -2.34. The number of nitrogens with one attached hydrogen (secondary N) is 1. The Balaban J connectivity index is 1.51. The number of carbonyl (C=O) groups excluding carboxylic acids is 2. The number of aliphatic imine (C=N–C) groups is 1. The van der Waals surface area contributed by atoms with Gasteiger partial charge in [0.05, 0.1) is 18.5 Å². The molecule has 0 aromatic heterocycles. The molecular weight excluding hydrogens is 440 g/mol. The maximum absolute atomic E-state index is 13.7. The number of para-hydroxylation sites is 1. The lowest BCUT2D eigenvalue weighted by Gasteiger charge is -2.22. The molecule has 3 aromatic carbocycles. The summed E-state index contributed by atoms with van der Waals surface area (Å²) < 4.78 is 5.27. The van der Waals surface area contributed by atoms with Crippen LogP contribution in [0.5, 0.6) is 5.75 Å². The predicted molar refractivity (Wildman–Crippen MR) is 138 cm³/mol. The van der Waals surface area contributed by atoms with Crippen molar-refractivity contribution in [1.29, 1.82) is 0 Å². The van der Waals surface area contributed by atoms with Crippen molar-refractivity contribution >= 4 is 34.8 Å². The molecule has 7 nitrogen and oxygen atoms in total. The van der Waals surface area contributed by atoms with Gasteiger partial charge in [0.1, 0.15) is 17.6 Å². The molecule has 3 aromatic rings. The highest BCUT2D eigenvalue weighted by atomic mass is 16.5. The SMILES string of the molecule is COc1ccc(N2C(=O)N(c3ccc(C)cc3)C3C=C/C(=C/C(=O)Nc4ccccc4)N=C32)cc1. The standard InChI is InChI=1S/C28H24N4O3/c1-19-8-11-22(12-9-19)31-25-17-10-21(18-26(33)29-20-6-4-3-5-7-20)30-27(25)32(28(31)34)23-13-15-24(35-2)16-14-23/h3-18,25H,1-2H3,(H,29,33)/b21-18-. The average molecular weight is 465 g/mol. The summed E-state index contributed by atoms with van der Waals surface area (Å²) >= 11 is 0. The molecule has 1 unspecified atom stereocenters. The second kappa shape index (κ2) is 9.30. The Morgan fingerprint density at radius 1 is 0.971 bits per heavy atom. The maximum atomic E-state index is 13.7. The summed E-state index contributed by atoms with van der Waals surface area (Å²) in [4.78, 5) is 34.3. The number of allylic oxidation sites excluding steroid dienone is 1. The molecule has 0 spiro atoms. The molecular formula is C28H24N4O3. The van der Waals surface area contributed by atoms with E-state index in [-0.39, 0.29) is 11.9 Å². The van der Waals surface area contributed by atoms with Crippen LogP contribution in [0.15, 0.2) is 108 Å². The number of ether oxygens (including phenoxy) is 1. The van der Waals surface area contributed by atoms with Gasteiger partial charge in [-0.15, -0.1) is 0 Å². The van der Waals surface area contributed by atoms with Gasteiger partial charge in [-0.2, -0.15) is 0 Å². The maximum Gasteiger partial charge on any atom is 0.335 e. The molecule has 7 heteroatoms. The summed E-state index contributed by atoms with van der Waals surface area (Å²) in [6, 6.07) is 23.6. The van der Waals surface area contributed by atoms with Crippen molar-refractivity contribution < 1.29 is 14.3 Å². The first-order chi connectivity index (χ1) is 17.0. The summed E-state index contributed by atoms with van der Waals surface area (Å²) in [6.07, 6.45) is 5.09. The molecule has 5 rings (SSSR count). The zero-order valence-electron chi connectivity index (χ0n) is 19.4. The molecule has 0 saturated carbocycles. The molecule has 2 aliphatic rings. The number of amidine groups is 1. The number of rotatable bonds is 5. The molecule has 1 fully saturated rings. The number of anilines is 3. The van der Waals surface area contributed by atoms with E-state index in [1.54, 1.807) is 35.1 Å². The quantitative estimate of drug-likeness (QED) is 0.520. The minimum absolute atomic E-state index is 0.220. The monoisotopic (exact) mass is 464 g/mol. The van der Waals surface area contributed by atoms with Gasteiger partial charge in [0.15, 0.2) is 0 Å². The number of hydrogen-bond acceptors (Lipinski definition) is 4. The largest absolute Gasteiger partial charge is 0.497 e. The minimum atomic E-state index is -0.401. The fourth-order valence-corrected chi connectivity index (χ4v) is 4.08. The van der Waals surface area contributed by atoms with Crippen LogP contribution in [-0.4, -0.2) is 30.9 Å². The number of fused-ring (bicyclic) bond motifs is 1. The molecule has 3 amide bonds. The first-order valence-electron chi connectivity index (χ1n) is 11.2. The number of benzene rings is 3. The third-order valence-corrected chi connectivity index (χ3v) is 5.83. The van der Waals surface area contributed by atoms with Gasteiger partial charge in [0, 0.05) is 17.5 Å². The van der Waals surface area contributed by atoms with Crippen LogP contribution in [-0.2, 0) is 4.79 Å². The number of hydrogen-bond donors (Lipinski definition) is 1. The highest BCUT2D eigenvalue weighted by Crippen LogP contribution is 2.34. The summed E-state index contributed by atoms with van der Waals surface area (Å²) in [7, 11) is 1.60. The summed E-state index contributed by atoms with van der Waals surface area (Å²) in [5.74, 6) is 0.923. The molecule has 0 bridgehead atoms. The molecule has 1 saturated heterocycles. The minimum Gasteiger partial charge on any atom is -0.497 e. The second-order valence-corrected chi connectivity index (χ2v) is 8.22. The van der Waals surface area contributed by atoms with Gasteiger partial charge in [-0.3, -0.25) is 9.69 Å². The van der Waals surface area contributed by atoms with Crippen LogP contribution in [0.2, 0.25) is 0 Å². The zero-order chi connectivity index (χ0) is 24.4. The van der Waals surface area contributed by atoms with Gasteiger partial charge in [0.2, 0.25) is 0 Å². The number of carbonyl (C=O) groups is 2. The van der Waals surface area contributed by atoms with Crippen LogP contribution in [0.3, 0.4) is 0 Å². The van der Waals surface area contributed by atoms with Gasteiger partial charge in [0.25, 0.3) is 5.91 Å². The molecule has 2 heterocycles. The zero-order valence-corrected chi connectivity index (χ0v) is 19.4. The fraction of sp³-hybridized carbons (Fsp3) is 0.107. The lowest BCUT2D eigenvalue weighted by molar-refractivity contribution is -0.111. The Kier molecular flexibility index (Phi) is 5.89. The smallest absolute Gasteiger partial charge is 0.335 e. The van der Waals surface area contributed by atoms with Crippen LogP contribution < -0.4 is 19.9 Å². The Hall–Kier alpha value is -4.65. The summed E-state index contributed by atoms with van der Waals surface area (Å²) in [5.41, 5.74) is 3.70. The first-order valence-corrected chi connectivity index (χ1v) is 11.2. The fourth-order valence-electron chi connectivity index (χ4n) is 4.08. The number of urea groups is 1. The molecule has 174 valence electrons. The summed E-state index contributed by atoms with van der Waals surface area (Å²) in [6.45, 7) is 2.00. The van der Waals surface area contributed by atoms with E-state index in [1.807, 2.05) is 79.7 Å². The van der Waals surface area contributed by atoms with E-state index < -0.39 is 6.04 Å². The van der Waals surface area contributed by atoms with Crippen LogP contribution in [0.25, 0.3) is 0 Å². The van der Waals surface area contributed by atoms with Crippen molar-refractivity contribution in [2.24, 2.45) is 4.99 Å². The van der Waals surface area contributed by atoms with Crippen LogP contribution in [0.1, 0.15) is 5.56 Å². The van der Waals surface area contributed by atoms with Crippen molar-refractivity contribution in [3.05, 3.63) is 108 Å². The number of dihydropyridines is 1. The van der Waals surface area contributed by atoms with Gasteiger partial charge >= 0.3 is 6.03 Å². The first kappa shape index (κ1) is 22.2. The van der Waals surface area contributed by atoms with Crippen molar-refractivity contribution in [3.63, 3.8) is 0 Å². The predicted octanol–water partition coefficient (Wildman–Crippen LogP) is 5.31. The second-order valence-electron chi connectivity index (χ2n) is 8.22. The van der Waals surface area contributed by atoms with E-state index >= 15 is 0 Å². The third kappa shape index (κ3) is 4.44. The van der Waals surface area contributed by atoms with Crippen molar-refractivity contribution in [1.82, 2.24) is 0 Å². The summed E-state index contributed by atoms with van der Waals surface area (Å²) in [5, 5.41) is 2.83. The highest BCUT2D eigenvalue weighted by molar-refractivity contribution is 6.31. The number of aryl methyl sites for hydroxylation is 1. The van der Waals surface area contributed by atoms with E-state index in [0.717, 1.165) is 11.3 Å². The van der Waals surface area contributed by atoms with Gasteiger partial charge in [-0.05, 0) is 61.5 Å².